The topological polar surface area (TPSA) is 118 Å². The number of nitro benzene ring substituents is 1. The number of carboxylic acid groups (broad SMARTS) is 1. The predicted molar refractivity (Wildman–Crippen MR) is 74.5 cm³/mol. The van der Waals surface area contributed by atoms with Crippen LogP contribution in [0, 0.1) is 17.0 Å². The van der Waals surface area contributed by atoms with E-state index >= 15 is 0 Å². The second kappa shape index (κ2) is 6.19. The van der Waals surface area contributed by atoms with Crippen LogP contribution in [0.25, 0.3) is 0 Å². The molecule has 116 valence electrons. The number of nitro groups is 1. The van der Waals surface area contributed by atoms with Gasteiger partial charge in [-0.15, -0.1) is 0 Å². The van der Waals surface area contributed by atoms with Crippen LogP contribution in [0.2, 0.25) is 0 Å². The molecule has 0 saturated heterocycles. The summed E-state index contributed by atoms with van der Waals surface area (Å²) in [5, 5.41) is 19.7. The van der Waals surface area contributed by atoms with Crippen molar-refractivity contribution < 1.29 is 23.2 Å². The number of nitrogens with zero attached hydrogens (tertiary/aromatic N) is 2. The molecule has 0 aromatic heterocycles. The summed E-state index contributed by atoms with van der Waals surface area (Å²) >= 11 is 0. The summed E-state index contributed by atoms with van der Waals surface area (Å²) in [5.74, 6) is -1.25. The molecule has 1 atom stereocenters. The number of likely N-dealkylation sites (N-methyl/N-ethyl adjacent to an activating group) is 1. The molecule has 1 aromatic carbocycles. The second-order valence-electron chi connectivity index (χ2n) is 4.49. The van der Waals surface area contributed by atoms with E-state index in [2.05, 4.69) is 0 Å². The van der Waals surface area contributed by atoms with Crippen molar-refractivity contribution in [3.63, 3.8) is 0 Å². The third kappa shape index (κ3) is 3.37. The number of aliphatic carboxylic acids is 1. The number of rotatable bonds is 6. The monoisotopic (exact) mass is 316 g/mol. The molecule has 0 spiro atoms. The van der Waals surface area contributed by atoms with Crippen molar-refractivity contribution in [1.82, 2.24) is 4.31 Å². The highest BCUT2D eigenvalue weighted by Crippen LogP contribution is 2.25. The summed E-state index contributed by atoms with van der Waals surface area (Å²) < 4.78 is 25.6. The van der Waals surface area contributed by atoms with Crippen LogP contribution in [0.1, 0.15) is 18.9 Å². The van der Waals surface area contributed by atoms with Crippen LogP contribution in [0.5, 0.6) is 0 Å². The Bertz CT molecular complexity index is 670. The molecule has 0 heterocycles. The van der Waals surface area contributed by atoms with E-state index < -0.39 is 27.0 Å². The van der Waals surface area contributed by atoms with Gasteiger partial charge >= 0.3 is 5.97 Å². The first-order valence-corrected chi connectivity index (χ1v) is 7.52. The van der Waals surface area contributed by atoms with Crippen molar-refractivity contribution in [2.45, 2.75) is 31.2 Å². The van der Waals surface area contributed by atoms with Crippen molar-refractivity contribution >= 4 is 21.7 Å². The maximum atomic E-state index is 12.4. The zero-order valence-corrected chi connectivity index (χ0v) is 12.6. The van der Waals surface area contributed by atoms with E-state index in [1.54, 1.807) is 6.92 Å². The molecular formula is C12H16N2O6S. The van der Waals surface area contributed by atoms with Gasteiger partial charge in [0.05, 0.1) is 9.82 Å². The molecule has 0 aliphatic rings. The molecule has 0 saturated carbocycles. The average Bonchev–Trinajstić information content (AvgIpc) is 2.38. The summed E-state index contributed by atoms with van der Waals surface area (Å²) in [5.41, 5.74) is -0.0318. The SMILES string of the molecule is CCC(C(=O)O)N(C)S(=O)(=O)c1ccc([N+](=O)[O-])cc1C. The molecule has 9 heteroatoms. The summed E-state index contributed by atoms with van der Waals surface area (Å²) in [4.78, 5) is 21.0. The highest BCUT2D eigenvalue weighted by atomic mass is 32.2. The van der Waals surface area contributed by atoms with Crippen molar-refractivity contribution in [1.29, 1.82) is 0 Å². The third-order valence-corrected chi connectivity index (χ3v) is 5.16. The first-order valence-electron chi connectivity index (χ1n) is 6.08. The molecule has 0 radical (unpaired) electrons. The number of aryl methyl sites for hydroxylation is 1. The Morgan fingerprint density at radius 2 is 2.05 bits per heavy atom. The van der Waals surface area contributed by atoms with Gasteiger partial charge in [-0.3, -0.25) is 14.9 Å². The lowest BCUT2D eigenvalue weighted by Crippen LogP contribution is -2.42. The molecule has 1 rings (SSSR count). The van der Waals surface area contributed by atoms with Gasteiger partial charge in [0.2, 0.25) is 10.0 Å². The van der Waals surface area contributed by atoms with Gasteiger partial charge in [0.25, 0.3) is 5.69 Å². The summed E-state index contributed by atoms with van der Waals surface area (Å²) in [7, 11) is -2.86. The Morgan fingerprint density at radius 3 is 2.43 bits per heavy atom. The van der Waals surface area contributed by atoms with Crippen LogP contribution < -0.4 is 0 Å². The van der Waals surface area contributed by atoms with Gasteiger partial charge < -0.3 is 5.11 Å². The van der Waals surface area contributed by atoms with Crippen molar-refractivity contribution in [3.05, 3.63) is 33.9 Å². The van der Waals surface area contributed by atoms with Gasteiger partial charge in [0.1, 0.15) is 6.04 Å². The van der Waals surface area contributed by atoms with Gasteiger partial charge in [-0.25, -0.2) is 8.42 Å². The van der Waals surface area contributed by atoms with E-state index in [1.807, 2.05) is 0 Å². The second-order valence-corrected chi connectivity index (χ2v) is 6.46. The lowest BCUT2D eigenvalue weighted by atomic mass is 10.2. The lowest BCUT2D eigenvalue weighted by molar-refractivity contribution is -0.385. The Balaban J connectivity index is 3.31. The zero-order valence-electron chi connectivity index (χ0n) is 11.8. The summed E-state index contributed by atoms with van der Waals surface area (Å²) in [6, 6.07) is 2.15. The molecule has 1 N–H and O–H groups in total. The molecule has 0 aliphatic heterocycles. The first kappa shape index (κ1) is 17.1. The Morgan fingerprint density at radius 1 is 1.48 bits per heavy atom. The minimum Gasteiger partial charge on any atom is -0.480 e. The number of benzene rings is 1. The van der Waals surface area contributed by atoms with Gasteiger partial charge in [0.15, 0.2) is 0 Å². The van der Waals surface area contributed by atoms with Crippen molar-refractivity contribution in [2.75, 3.05) is 7.05 Å². The molecule has 0 amide bonds. The van der Waals surface area contributed by atoms with Crippen LogP contribution in [0.3, 0.4) is 0 Å². The molecule has 1 aromatic rings. The quantitative estimate of drug-likeness (QED) is 0.626. The highest BCUT2D eigenvalue weighted by molar-refractivity contribution is 7.89. The van der Waals surface area contributed by atoms with E-state index in [9.17, 15) is 23.3 Å². The molecule has 0 bridgehead atoms. The van der Waals surface area contributed by atoms with Crippen molar-refractivity contribution in [3.8, 4) is 0 Å². The molecule has 0 aliphatic carbocycles. The maximum absolute atomic E-state index is 12.4. The smallest absolute Gasteiger partial charge is 0.321 e. The number of non-ortho nitro benzene ring substituents is 1. The van der Waals surface area contributed by atoms with Crippen LogP contribution in [-0.2, 0) is 14.8 Å². The minimum atomic E-state index is -4.04. The maximum Gasteiger partial charge on any atom is 0.321 e. The molecular weight excluding hydrogens is 300 g/mol. The van der Waals surface area contributed by atoms with Gasteiger partial charge in [-0.2, -0.15) is 4.31 Å². The highest BCUT2D eigenvalue weighted by Gasteiger charge is 2.32. The van der Waals surface area contributed by atoms with E-state index in [1.165, 1.54) is 14.0 Å². The van der Waals surface area contributed by atoms with E-state index in [-0.39, 0.29) is 22.6 Å². The lowest BCUT2D eigenvalue weighted by Gasteiger charge is -2.23. The number of carbonyl (C=O) groups is 1. The third-order valence-electron chi connectivity index (χ3n) is 3.14. The van der Waals surface area contributed by atoms with Gasteiger partial charge in [-0.1, -0.05) is 6.92 Å². The molecule has 21 heavy (non-hydrogen) atoms. The molecule has 1 unspecified atom stereocenters. The summed E-state index contributed by atoms with van der Waals surface area (Å²) in [6.07, 6.45) is 0.108. The largest absolute Gasteiger partial charge is 0.480 e. The van der Waals surface area contributed by atoms with E-state index in [0.29, 0.717) is 0 Å². The number of hydrogen-bond acceptors (Lipinski definition) is 5. The predicted octanol–water partition coefficient (Wildman–Crippen LogP) is 1.39. The van der Waals surface area contributed by atoms with E-state index in [4.69, 9.17) is 5.11 Å². The van der Waals surface area contributed by atoms with Crippen LogP contribution >= 0.6 is 0 Å². The van der Waals surface area contributed by atoms with E-state index in [0.717, 1.165) is 22.5 Å². The number of carboxylic acids is 1. The zero-order chi connectivity index (χ0) is 16.4. The fraction of sp³-hybridized carbons (Fsp3) is 0.417. The fourth-order valence-electron chi connectivity index (χ4n) is 1.95. The normalized spacial score (nSPS) is 13.1. The first-order chi connectivity index (χ1) is 9.62. The Labute approximate surface area is 122 Å². The average molecular weight is 316 g/mol. The molecule has 8 nitrogen and oxygen atoms in total. The van der Waals surface area contributed by atoms with Crippen molar-refractivity contribution in [2.24, 2.45) is 0 Å². The minimum absolute atomic E-state index is 0.108. The Kier molecular flexibility index (Phi) is 5.02. The number of hydrogen-bond donors (Lipinski definition) is 1. The van der Waals surface area contributed by atoms with Crippen LogP contribution in [-0.4, -0.2) is 41.8 Å². The van der Waals surface area contributed by atoms with Gasteiger partial charge in [0, 0.05) is 19.2 Å². The summed E-state index contributed by atoms with van der Waals surface area (Å²) in [6.45, 7) is 2.99. The standard InChI is InChI=1S/C12H16N2O6S/c1-4-10(12(15)16)13(3)21(19,20)11-6-5-9(14(17)18)7-8(11)2/h5-7,10H,4H2,1-3H3,(H,15,16). The van der Waals surface area contributed by atoms with Crippen LogP contribution in [0.4, 0.5) is 5.69 Å². The van der Waals surface area contributed by atoms with Crippen LogP contribution in [0.15, 0.2) is 23.1 Å². The number of sulfonamides is 1. The van der Waals surface area contributed by atoms with Gasteiger partial charge in [-0.05, 0) is 25.0 Å². The Hall–Kier alpha value is -2.00. The molecule has 0 fully saturated rings. The fourth-order valence-corrected chi connectivity index (χ4v) is 3.54.